The minimum atomic E-state index is -2.20. The molecule has 0 atom stereocenters. The molecule has 4 heterocycles. The Morgan fingerprint density at radius 2 is 0.604 bits per heavy atom. The van der Waals surface area contributed by atoms with Gasteiger partial charge in [0.15, 0.2) is 24.8 Å². The van der Waals surface area contributed by atoms with Crippen molar-refractivity contribution in [3.8, 4) is 45.0 Å². The molecule has 0 aliphatic rings. The van der Waals surface area contributed by atoms with E-state index in [0.29, 0.717) is 38.8 Å². The molecule has 4 aromatic heterocycles. The number of hydrogen-bond donors (Lipinski definition) is 0. The zero-order valence-electron chi connectivity index (χ0n) is 74.0. The van der Waals surface area contributed by atoms with Crippen LogP contribution in [0.1, 0.15) is 223 Å². The van der Waals surface area contributed by atoms with Crippen LogP contribution in [0.25, 0.3) is 45.0 Å². The van der Waals surface area contributed by atoms with E-state index in [9.17, 15) is 0 Å². The number of aromatic nitrogens is 4. The molecule has 4 heteroatoms. The van der Waals surface area contributed by atoms with Crippen molar-refractivity contribution in [1.82, 2.24) is 0 Å². The summed E-state index contributed by atoms with van der Waals surface area (Å²) in [7, 11) is 8.04. The first kappa shape index (κ1) is 58.3. The van der Waals surface area contributed by atoms with E-state index in [0.717, 1.165) is 52.8 Å². The molecule has 0 fully saturated rings. The Bertz CT molecular complexity index is 4320. The monoisotopic (exact) mass is 1240 g/mol. The second-order valence-electron chi connectivity index (χ2n) is 32.2. The summed E-state index contributed by atoms with van der Waals surface area (Å²) in [4.78, 5) is 0. The van der Waals surface area contributed by atoms with Gasteiger partial charge in [-0.25, -0.2) is 18.3 Å². The predicted molar refractivity (Wildman–Crippen MR) is 394 cm³/mol. The smallest absolute Gasteiger partial charge is 0.201 e. The maximum Gasteiger partial charge on any atom is 0.212 e. The Morgan fingerprint density at radius 1 is 0.319 bits per heavy atom. The lowest BCUT2D eigenvalue weighted by Gasteiger charge is -2.24. The van der Waals surface area contributed by atoms with E-state index in [-0.39, 0.29) is 16.9 Å². The molecule has 4 nitrogen and oxygen atoms in total. The topological polar surface area (TPSA) is 15.5 Å². The van der Waals surface area contributed by atoms with Gasteiger partial charge in [0.05, 0.1) is 0 Å². The molecule has 8 rings (SSSR count). The maximum atomic E-state index is 8.82. The third-order valence-electron chi connectivity index (χ3n) is 15.7. The molecule has 0 spiro atoms. The molecule has 8 aromatic rings. The quantitative estimate of drug-likeness (QED) is 0.115. The second-order valence-corrected chi connectivity index (χ2v) is 32.2. The maximum absolute atomic E-state index is 8.82. The summed E-state index contributed by atoms with van der Waals surface area (Å²) in [5.41, 5.74) is 23.9. The zero-order chi connectivity index (χ0) is 79.0. The molecule has 0 aliphatic carbocycles. The second kappa shape index (κ2) is 30.5. The van der Waals surface area contributed by atoms with Gasteiger partial charge in [-0.2, -0.15) is 0 Å². The van der Waals surface area contributed by atoms with Crippen LogP contribution in [-0.2, 0) is 66.6 Å². The third-order valence-corrected chi connectivity index (χ3v) is 15.7. The lowest BCUT2D eigenvalue weighted by molar-refractivity contribution is -0.661. The molecule has 0 unspecified atom stereocenters. The van der Waals surface area contributed by atoms with Gasteiger partial charge in [0, 0.05) is 85.2 Å². The van der Waals surface area contributed by atoms with Gasteiger partial charge >= 0.3 is 0 Å². The van der Waals surface area contributed by atoms with Crippen molar-refractivity contribution in [2.24, 2.45) is 61.2 Å². The molecule has 0 radical (unpaired) electrons. The number of nitrogens with zero attached hydrogens (tertiary/aromatic N) is 4. The number of rotatable bonds is 11. The highest BCUT2D eigenvalue weighted by Crippen LogP contribution is 2.34. The van der Waals surface area contributed by atoms with Crippen molar-refractivity contribution in [2.45, 2.75) is 225 Å². The first-order chi connectivity index (χ1) is 46.5. The number of hydrogen-bond acceptors (Lipinski definition) is 0. The summed E-state index contributed by atoms with van der Waals surface area (Å²) >= 11 is 0. The van der Waals surface area contributed by atoms with Crippen molar-refractivity contribution < 1.29 is 34.7 Å². The molecule has 490 valence electrons. The Morgan fingerprint density at radius 3 is 0.956 bits per heavy atom. The highest BCUT2D eigenvalue weighted by Gasteiger charge is 2.27. The van der Waals surface area contributed by atoms with Crippen LogP contribution in [0.2, 0.25) is 0 Å². The highest BCUT2D eigenvalue weighted by atomic mass is 14.9. The number of aryl methyl sites for hydroxylation is 14. The van der Waals surface area contributed by atoms with E-state index in [1.54, 1.807) is 61.0 Å². The first-order valence-corrected chi connectivity index (χ1v) is 32.9. The van der Waals surface area contributed by atoms with Gasteiger partial charge in [-0.15, -0.1) is 0 Å². The summed E-state index contributed by atoms with van der Waals surface area (Å²) in [6.45, 7) is 47.9. The van der Waals surface area contributed by atoms with Gasteiger partial charge < -0.3 is 0 Å². The van der Waals surface area contributed by atoms with E-state index < -0.39 is 43.7 Å². The molecule has 0 bridgehead atoms. The largest absolute Gasteiger partial charge is 0.212 e. The lowest BCUT2D eigenvalue weighted by Crippen LogP contribution is -2.33. The van der Waals surface area contributed by atoms with Crippen LogP contribution < -0.4 is 18.3 Å². The molecule has 0 N–H and O–H groups in total. The summed E-state index contributed by atoms with van der Waals surface area (Å²) in [6, 6.07) is 32.1. The van der Waals surface area contributed by atoms with Crippen LogP contribution in [0.15, 0.2) is 122 Å². The normalized spacial score (nSPS) is 14.7. The highest BCUT2D eigenvalue weighted by molar-refractivity contribution is 5.65. The van der Waals surface area contributed by atoms with Gasteiger partial charge in [-0.1, -0.05) is 188 Å². The number of benzene rings is 4. The lowest BCUT2D eigenvalue weighted by atomic mass is 9.81. The van der Waals surface area contributed by atoms with Crippen LogP contribution in [0.3, 0.4) is 0 Å². The van der Waals surface area contributed by atoms with E-state index in [1.807, 2.05) is 99.3 Å². The van der Waals surface area contributed by atoms with Gasteiger partial charge in [0.1, 0.15) is 28.2 Å². The van der Waals surface area contributed by atoms with Crippen molar-refractivity contribution in [3.05, 3.63) is 211 Å². The van der Waals surface area contributed by atoms with Crippen molar-refractivity contribution in [1.29, 1.82) is 0 Å². The molecule has 0 saturated carbocycles. The van der Waals surface area contributed by atoms with Gasteiger partial charge in [-0.05, 0) is 209 Å². The Kier molecular flexibility index (Phi) is 19.5. The fourth-order valence-electron chi connectivity index (χ4n) is 11.8. The number of pyridine rings is 4. The van der Waals surface area contributed by atoms with Crippen molar-refractivity contribution in [3.63, 3.8) is 0 Å². The van der Waals surface area contributed by atoms with Crippen LogP contribution in [0.5, 0.6) is 0 Å². The average Bonchev–Trinajstić information content (AvgIpc) is 0.738. The van der Waals surface area contributed by atoms with E-state index >= 15 is 0 Å². The molecular weight excluding hydrogens is 1100 g/mol. The molecular formula is C87H126N4+4. The molecule has 0 amide bonds. The SMILES string of the molecule is Cc1ccc(-c2cc(C)c(CC(C)(C)C)c[n+]2C)c(C)c1.Cc1ccc(-c2cc(CC(C)(C)C)c(CC(C)(C)C)c[n+]2C)c(C)c1.[2H]C([2H])([2H])c1ccc(-c2cc(C([2H])([2H])C(C)C)c(C([2H])([2H])C(C)(C)C)c[n+]2C)c(C)c1.[2H]C([2H])([2H])c1ccc(-c2cc(C)c(C([2H])([2H])C(C)(C)C)c[n+]2C)c(C)c1. The summed E-state index contributed by atoms with van der Waals surface area (Å²) < 4.78 is 106. The standard InChI is InChI=1S/C24H36N.C23H34N.2C20H28N/c1-17-10-11-21(18(2)12-17)22-13-19(14-23(3,4)5)20(16-25(22)9)15-24(6,7)8;1-16(2)11-19-13-22(21-10-9-17(3)12-18(21)4)24(8)15-20(19)14-23(5,6)7;2*1-14-8-9-18(16(3)10-14)19-11-15(2)17(13-21(19)7)12-20(4,5)6/h10-13,16H,14-15H2,1-9H3;9-10,12-13,15-16H,11,14H2,1-8H3;2*8-11,13H,12H2,1-7H3/q4*+1/i;3D3,11D2,14D2;1D3,12D2;. The Balaban J connectivity index is 0.000000249. The molecule has 0 aliphatic heterocycles. The van der Waals surface area contributed by atoms with Crippen molar-refractivity contribution >= 4 is 0 Å². The predicted octanol–water partition coefficient (Wildman–Crippen LogP) is 20.9. The van der Waals surface area contributed by atoms with Gasteiger partial charge in [0.2, 0.25) is 22.8 Å². The first-order valence-electron chi connectivity index (χ1n) is 38.9. The molecule has 4 aromatic carbocycles. The van der Waals surface area contributed by atoms with E-state index in [1.165, 1.54) is 67.0 Å². The van der Waals surface area contributed by atoms with Crippen LogP contribution in [0, 0.1) is 102 Å². The van der Waals surface area contributed by atoms with E-state index in [4.69, 9.17) is 16.4 Å². The summed E-state index contributed by atoms with van der Waals surface area (Å²) in [5, 5.41) is 0. The van der Waals surface area contributed by atoms with Gasteiger partial charge in [-0.3, -0.25) is 0 Å². The van der Waals surface area contributed by atoms with Crippen LogP contribution in [-0.4, -0.2) is 0 Å². The molecule has 91 heavy (non-hydrogen) atoms. The van der Waals surface area contributed by atoms with Gasteiger partial charge in [0.25, 0.3) is 0 Å². The van der Waals surface area contributed by atoms with Crippen LogP contribution >= 0.6 is 0 Å². The summed E-state index contributed by atoms with van der Waals surface area (Å²) in [5.74, 6) is -0.360. The van der Waals surface area contributed by atoms with E-state index in [2.05, 4.69) is 181 Å². The fourth-order valence-corrected chi connectivity index (χ4v) is 11.8. The molecule has 0 saturated heterocycles. The minimum absolute atomic E-state index is 0.259. The van der Waals surface area contributed by atoms with Crippen LogP contribution in [0.4, 0.5) is 0 Å². The zero-order valence-corrected chi connectivity index (χ0v) is 62.0. The average molecular weight is 1240 g/mol. The third kappa shape index (κ3) is 23.2. The fraction of sp³-hybridized carbons (Fsp3) is 0.494. The Hall–Kier alpha value is -6.52. The Labute approximate surface area is 574 Å². The minimum Gasteiger partial charge on any atom is -0.201 e. The summed E-state index contributed by atoms with van der Waals surface area (Å²) in [6.07, 6.45) is 6.56. The van der Waals surface area contributed by atoms with Crippen molar-refractivity contribution in [2.75, 3.05) is 0 Å².